The number of hydrogen-bond donors (Lipinski definition) is 2. The fraction of sp³-hybridized carbons (Fsp3) is 0.200. The zero-order valence-corrected chi connectivity index (χ0v) is 16.5. The van der Waals surface area contributed by atoms with Crippen LogP contribution in [-0.4, -0.2) is 25.4 Å². The summed E-state index contributed by atoms with van der Waals surface area (Å²) in [7, 11) is -5.05. The second-order valence-corrected chi connectivity index (χ2v) is 8.62. The first-order valence-corrected chi connectivity index (χ1v) is 10.9. The van der Waals surface area contributed by atoms with Gasteiger partial charge in [-0.3, -0.25) is 0 Å². The van der Waals surface area contributed by atoms with Crippen molar-refractivity contribution in [2.75, 3.05) is 17.5 Å². The number of nitrogens with one attached hydrogen (secondary N) is 2. The van der Waals surface area contributed by atoms with Crippen LogP contribution in [0.25, 0.3) is 0 Å². The van der Waals surface area contributed by atoms with E-state index >= 15 is 0 Å². The van der Waals surface area contributed by atoms with E-state index in [-0.39, 0.29) is 28.0 Å². The summed E-state index contributed by atoms with van der Waals surface area (Å²) < 4.78 is 46.7. The van der Waals surface area contributed by atoms with E-state index in [0.29, 0.717) is 10.7 Å². The Bertz CT molecular complexity index is 904. The van der Waals surface area contributed by atoms with E-state index in [1.807, 2.05) is 0 Å². The molecule has 1 unspecified atom stereocenters. The van der Waals surface area contributed by atoms with E-state index in [4.69, 9.17) is 27.9 Å². The van der Waals surface area contributed by atoms with Crippen LogP contribution in [0.1, 0.15) is 6.92 Å². The maximum absolute atomic E-state index is 12.2. The van der Waals surface area contributed by atoms with Gasteiger partial charge < -0.3 is 9.46 Å². The summed E-state index contributed by atoms with van der Waals surface area (Å²) in [6, 6.07) is 8.85. The minimum absolute atomic E-state index is 0.0156. The molecule has 0 aliphatic rings. The SMILES string of the molecule is CCNS(=O)(=O)c1ccc(NS(C)=O)c(Oc2ccc(Cl)cc2Cl)c1. The van der Waals surface area contributed by atoms with Crippen molar-refractivity contribution in [3.8, 4) is 11.5 Å². The van der Waals surface area contributed by atoms with Crippen LogP contribution in [0.2, 0.25) is 10.0 Å². The highest BCUT2D eigenvalue weighted by Crippen LogP contribution is 2.36. The summed E-state index contributed by atoms with van der Waals surface area (Å²) in [5, 5.41) is 0.699. The van der Waals surface area contributed by atoms with Gasteiger partial charge in [0.15, 0.2) is 5.75 Å². The molecule has 0 aliphatic carbocycles. The monoisotopic (exact) mass is 422 g/mol. The fourth-order valence-electron chi connectivity index (χ4n) is 1.94. The number of anilines is 1. The third-order valence-corrected chi connectivity index (χ3v) is 5.55. The molecule has 0 spiro atoms. The number of sulfonamides is 1. The van der Waals surface area contributed by atoms with Crippen LogP contribution < -0.4 is 14.2 Å². The van der Waals surface area contributed by atoms with E-state index < -0.39 is 21.0 Å². The van der Waals surface area contributed by atoms with Gasteiger partial charge in [0.2, 0.25) is 10.0 Å². The molecular weight excluding hydrogens is 407 g/mol. The normalized spacial score (nSPS) is 12.6. The van der Waals surface area contributed by atoms with Gasteiger partial charge in [-0.1, -0.05) is 30.1 Å². The Labute approximate surface area is 159 Å². The lowest BCUT2D eigenvalue weighted by Gasteiger charge is -2.14. The first kappa shape index (κ1) is 20.0. The van der Waals surface area contributed by atoms with E-state index in [2.05, 4.69) is 9.44 Å². The number of rotatable bonds is 7. The van der Waals surface area contributed by atoms with Gasteiger partial charge in [0.05, 0.1) is 15.6 Å². The van der Waals surface area contributed by atoms with E-state index in [9.17, 15) is 12.6 Å². The molecule has 10 heteroatoms. The van der Waals surface area contributed by atoms with Crippen LogP contribution >= 0.6 is 23.2 Å². The third kappa shape index (κ3) is 5.32. The highest BCUT2D eigenvalue weighted by atomic mass is 35.5. The molecule has 0 saturated carbocycles. The molecule has 0 heterocycles. The van der Waals surface area contributed by atoms with Gasteiger partial charge in [-0.05, 0) is 30.3 Å². The zero-order chi connectivity index (χ0) is 18.6. The van der Waals surface area contributed by atoms with Crippen LogP contribution in [0.5, 0.6) is 11.5 Å². The molecule has 0 aromatic heterocycles. The van der Waals surface area contributed by atoms with Gasteiger partial charge in [0, 0.05) is 23.9 Å². The van der Waals surface area contributed by atoms with Gasteiger partial charge in [0.1, 0.15) is 16.7 Å². The van der Waals surface area contributed by atoms with Crippen LogP contribution in [-0.2, 0) is 21.0 Å². The van der Waals surface area contributed by atoms with Crippen molar-refractivity contribution in [1.29, 1.82) is 0 Å². The third-order valence-electron chi connectivity index (χ3n) is 2.97. The number of ether oxygens (including phenoxy) is 1. The minimum Gasteiger partial charge on any atom is -0.454 e. The summed E-state index contributed by atoms with van der Waals surface area (Å²) >= 11 is 12.0. The lowest BCUT2D eigenvalue weighted by atomic mass is 10.3. The van der Waals surface area contributed by atoms with Crippen molar-refractivity contribution in [1.82, 2.24) is 4.72 Å². The molecule has 0 bridgehead atoms. The van der Waals surface area contributed by atoms with Gasteiger partial charge in [-0.2, -0.15) is 0 Å². The van der Waals surface area contributed by atoms with Crippen LogP contribution in [0.15, 0.2) is 41.3 Å². The first-order valence-electron chi connectivity index (χ1n) is 7.09. The molecular formula is C15H16Cl2N2O4S2. The highest BCUT2D eigenvalue weighted by Gasteiger charge is 2.17. The highest BCUT2D eigenvalue weighted by molar-refractivity contribution is 7.89. The van der Waals surface area contributed by atoms with Gasteiger partial charge in [0.25, 0.3) is 0 Å². The summed E-state index contributed by atoms with van der Waals surface area (Å²) in [5.74, 6) is 0.451. The Morgan fingerprint density at radius 1 is 1.12 bits per heavy atom. The van der Waals surface area contributed by atoms with Gasteiger partial charge in [-0.15, -0.1) is 0 Å². The van der Waals surface area contributed by atoms with Crippen molar-refractivity contribution in [2.45, 2.75) is 11.8 Å². The fourth-order valence-corrected chi connectivity index (χ4v) is 3.92. The molecule has 2 rings (SSSR count). The number of halogens is 2. The van der Waals surface area contributed by atoms with Crippen LogP contribution in [0.3, 0.4) is 0 Å². The molecule has 2 aromatic rings. The number of hydrogen-bond acceptors (Lipinski definition) is 4. The maximum Gasteiger partial charge on any atom is 0.240 e. The zero-order valence-electron chi connectivity index (χ0n) is 13.4. The Balaban J connectivity index is 2.49. The molecule has 0 saturated heterocycles. The van der Waals surface area contributed by atoms with Crippen molar-refractivity contribution < 1.29 is 17.4 Å². The van der Waals surface area contributed by atoms with E-state index in [1.54, 1.807) is 19.1 Å². The molecule has 25 heavy (non-hydrogen) atoms. The van der Waals surface area contributed by atoms with Gasteiger partial charge in [-0.25, -0.2) is 17.3 Å². The smallest absolute Gasteiger partial charge is 0.240 e. The molecule has 136 valence electrons. The van der Waals surface area contributed by atoms with Crippen LogP contribution in [0.4, 0.5) is 5.69 Å². The molecule has 2 N–H and O–H groups in total. The summed E-state index contributed by atoms with van der Waals surface area (Å²) in [5.41, 5.74) is 0.363. The van der Waals surface area contributed by atoms with Crippen LogP contribution in [0, 0.1) is 0 Å². The predicted octanol–water partition coefficient (Wildman–Crippen LogP) is 3.79. The predicted molar refractivity (Wildman–Crippen MR) is 102 cm³/mol. The average molecular weight is 423 g/mol. The topological polar surface area (TPSA) is 84.5 Å². The molecule has 0 radical (unpaired) electrons. The standard InChI is InChI=1S/C15H16Cl2N2O4S2/c1-3-18-25(21,22)11-5-6-13(19-24(2)20)15(9-11)23-14-7-4-10(16)8-12(14)17/h4-9,18-19H,3H2,1-2H3. The lowest BCUT2D eigenvalue weighted by Crippen LogP contribution is -2.23. The Hall–Kier alpha value is -1.32. The Morgan fingerprint density at radius 3 is 2.44 bits per heavy atom. The lowest BCUT2D eigenvalue weighted by molar-refractivity contribution is 0.483. The average Bonchev–Trinajstić information content (AvgIpc) is 2.51. The van der Waals surface area contributed by atoms with Crippen molar-refractivity contribution in [3.63, 3.8) is 0 Å². The van der Waals surface area contributed by atoms with E-state index in [1.165, 1.54) is 30.5 Å². The molecule has 1 atom stereocenters. The second kappa shape index (κ2) is 8.37. The largest absolute Gasteiger partial charge is 0.454 e. The minimum atomic E-state index is -3.67. The molecule has 0 aliphatic heterocycles. The van der Waals surface area contributed by atoms with Crippen molar-refractivity contribution >= 4 is 49.9 Å². The summed E-state index contributed by atoms with van der Waals surface area (Å²) in [6.07, 6.45) is 1.45. The Kier molecular flexibility index (Phi) is 6.70. The summed E-state index contributed by atoms with van der Waals surface area (Å²) in [6.45, 7) is 1.93. The van der Waals surface area contributed by atoms with Crippen molar-refractivity contribution in [2.24, 2.45) is 0 Å². The molecule has 0 amide bonds. The quantitative estimate of drug-likeness (QED) is 0.710. The molecule has 6 nitrogen and oxygen atoms in total. The number of benzene rings is 2. The molecule has 0 fully saturated rings. The summed E-state index contributed by atoms with van der Waals surface area (Å²) in [4.78, 5) is 0.0156. The Morgan fingerprint density at radius 2 is 1.84 bits per heavy atom. The van der Waals surface area contributed by atoms with Gasteiger partial charge >= 0.3 is 0 Å². The molecule has 2 aromatic carbocycles. The van der Waals surface area contributed by atoms with E-state index in [0.717, 1.165) is 0 Å². The second-order valence-electron chi connectivity index (χ2n) is 4.89. The maximum atomic E-state index is 12.2. The van der Waals surface area contributed by atoms with Crippen molar-refractivity contribution in [3.05, 3.63) is 46.4 Å². The first-order chi connectivity index (χ1) is 11.7.